The van der Waals surface area contributed by atoms with Crippen LogP contribution in [0.5, 0.6) is 0 Å². The molecule has 0 aromatic heterocycles. The van der Waals surface area contributed by atoms with Crippen molar-refractivity contribution in [3.05, 3.63) is 34.9 Å². The van der Waals surface area contributed by atoms with E-state index in [1.807, 2.05) is 5.57 Å². The summed E-state index contributed by atoms with van der Waals surface area (Å²) in [7, 11) is 0. The summed E-state index contributed by atoms with van der Waals surface area (Å²) in [6, 6.07) is 0. The van der Waals surface area contributed by atoms with Crippen molar-refractivity contribution in [3.63, 3.8) is 0 Å². The molecule has 12 rings (SSSR count). The van der Waals surface area contributed by atoms with Gasteiger partial charge in [-0.05, 0) is 400 Å². The fourth-order valence-corrected chi connectivity index (χ4v) is 28.7. The second-order valence-corrected chi connectivity index (χ2v) is 45.8. The van der Waals surface area contributed by atoms with Crippen molar-refractivity contribution in [2.75, 3.05) is 0 Å². The summed E-state index contributed by atoms with van der Waals surface area (Å²) in [5.74, 6) is 12.1. The van der Waals surface area contributed by atoms with E-state index in [4.69, 9.17) is 14.2 Å². The molecule has 12 aliphatic rings. The Bertz CT molecular complexity index is 2890. The zero-order chi connectivity index (χ0) is 75.3. The van der Waals surface area contributed by atoms with Crippen molar-refractivity contribution >= 4 is 0 Å². The number of aliphatic hydroxyl groups excluding tert-OH is 3. The second-order valence-electron chi connectivity index (χ2n) is 45.8. The van der Waals surface area contributed by atoms with Gasteiger partial charge >= 0.3 is 0 Å². The van der Waals surface area contributed by atoms with Gasteiger partial charge in [0.2, 0.25) is 0 Å². The molecule has 104 heavy (non-hydrogen) atoms. The molecule has 9 saturated carbocycles. The molecule has 0 saturated heterocycles. The van der Waals surface area contributed by atoms with Gasteiger partial charge in [0, 0.05) is 0 Å². The van der Waals surface area contributed by atoms with Gasteiger partial charge in [-0.1, -0.05) is 168 Å². The van der Waals surface area contributed by atoms with Crippen LogP contribution in [0.25, 0.3) is 0 Å². The van der Waals surface area contributed by atoms with Crippen molar-refractivity contribution in [1.82, 2.24) is 0 Å². The molecule has 15 unspecified atom stereocenters. The smallest absolute Gasteiger partial charge is 0.0952 e. The van der Waals surface area contributed by atoms with Gasteiger partial charge in [-0.15, -0.1) is 0 Å². The summed E-state index contributed by atoms with van der Waals surface area (Å²) >= 11 is 0. The molecule has 3 N–H and O–H groups in total. The summed E-state index contributed by atoms with van der Waals surface area (Å²) in [6.45, 7) is 64.0. The minimum atomic E-state index is -0.516. The predicted octanol–water partition coefficient (Wildman–Crippen LogP) is 27.0. The molecule has 0 aromatic carbocycles. The van der Waals surface area contributed by atoms with Crippen LogP contribution in [-0.4, -0.2) is 68.2 Å². The third-order valence-electron chi connectivity index (χ3n) is 33.9. The summed E-state index contributed by atoms with van der Waals surface area (Å²) in [5.41, 5.74) is 6.67. The fraction of sp³-hybridized carbons (Fsp3) is 0.939. The van der Waals surface area contributed by atoms with Crippen molar-refractivity contribution in [1.29, 1.82) is 0 Å². The third kappa shape index (κ3) is 17.5. The van der Waals surface area contributed by atoms with Gasteiger partial charge in [0.05, 0.1) is 52.9 Å². The van der Waals surface area contributed by atoms with Crippen molar-refractivity contribution < 1.29 is 29.5 Å². The Hall–Kier alpha value is -1.02. The lowest BCUT2D eigenvalue weighted by Crippen LogP contribution is -2.58. The van der Waals surface area contributed by atoms with Gasteiger partial charge in [0.15, 0.2) is 0 Å². The topological polar surface area (TPSA) is 88.4 Å². The average Bonchev–Trinajstić information content (AvgIpc) is 1.44. The Balaban J connectivity index is 0.000000196. The zero-order valence-electron chi connectivity index (χ0n) is 72.1. The largest absolute Gasteiger partial charge is 0.393 e. The summed E-state index contributed by atoms with van der Waals surface area (Å²) in [6.07, 6.45) is 45.3. The number of hydrogen-bond acceptors (Lipinski definition) is 6. The Morgan fingerprint density at radius 1 is 0.404 bits per heavy atom. The van der Waals surface area contributed by atoms with Crippen LogP contribution in [0.3, 0.4) is 0 Å². The molecular formula is C98H176O6. The number of allylic oxidation sites excluding steroid dienone is 4. The van der Waals surface area contributed by atoms with E-state index in [9.17, 15) is 15.3 Å². The van der Waals surface area contributed by atoms with E-state index in [1.54, 1.807) is 11.1 Å². The number of fused-ring (bicyclic) bond motifs is 15. The lowest BCUT2D eigenvalue weighted by atomic mass is 9.45. The van der Waals surface area contributed by atoms with Crippen LogP contribution in [0.2, 0.25) is 0 Å². The van der Waals surface area contributed by atoms with Crippen molar-refractivity contribution in [2.24, 2.45) is 138 Å². The van der Waals surface area contributed by atoms with E-state index in [-0.39, 0.29) is 65.5 Å². The van der Waals surface area contributed by atoms with Crippen LogP contribution < -0.4 is 0 Å². The first-order valence-corrected chi connectivity index (χ1v) is 44.3. The Morgan fingerprint density at radius 2 is 0.788 bits per heavy atom. The summed E-state index contributed by atoms with van der Waals surface area (Å²) in [5, 5.41) is 33.3. The molecule has 25 atom stereocenters. The highest BCUT2D eigenvalue weighted by atomic mass is 16.5. The van der Waals surface area contributed by atoms with Gasteiger partial charge in [0.25, 0.3) is 0 Å². The van der Waals surface area contributed by atoms with Crippen molar-refractivity contribution in [2.45, 2.75) is 447 Å². The van der Waals surface area contributed by atoms with E-state index in [0.717, 1.165) is 116 Å². The standard InChI is InChI=1S/C33H58O.C32H56O2.C31H54O3.2CH4/c1-22(2)11-16-29(34-30(4,5)6)31(7,8)28-15-14-26-25-13-12-24-21-23(3)17-19-32(24,9)27(25)18-20-33(26,28)10;1-21(2)10-15-28(33)30(6,7)27-14-13-25-24-12-11-22-20-23(34-29(3,4)5)16-18-31(22,8)26(24)17-19-32(25,27)9;1-20(2)9-14-27(33)31(8,34-28(3,4)5)26-13-12-24-23-11-10-21-19-22(32)15-17-29(21,6)25(23)16-18-30(24,26)7;;/h12,22-23,25-29H,11,13-21H2,1-10H3;11,21,23-28,33H,10,12-20H2,1-9H3;10,20,22-27,32-33H,9,11-19H2,1-8H3;2*1H4/t23?,25?,26?,27?,28?,29-,32-,33-;23?,24?,25?,26?,27?,28-,31-,32-;22?,23?,24?,25?,26?,27-,29-,30-,31-;;/m110../s1. The van der Waals surface area contributed by atoms with E-state index >= 15 is 0 Å². The van der Waals surface area contributed by atoms with Crippen LogP contribution in [0.15, 0.2) is 34.9 Å². The van der Waals surface area contributed by atoms with Crippen molar-refractivity contribution in [3.8, 4) is 0 Å². The lowest BCUT2D eigenvalue weighted by molar-refractivity contribution is -0.225. The maximum absolute atomic E-state index is 11.6. The molecule has 604 valence electrons. The minimum Gasteiger partial charge on any atom is -0.393 e. The second kappa shape index (κ2) is 32.5. The molecule has 0 amide bonds. The Morgan fingerprint density at radius 3 is 1.22 bits per heavy atom. The predicted molar refractivity (Wildman–Crippen MR) is 444 cm³/mol. The molecule has 0 spiro atoms. The monoisotopic (exact) mass is 1450 g/mol. The van der Waals surface area contributed by atoms with Crippen LogP contribution >= 0.6 is 0 Å². The number of hydrogen-bond donors (Lipinski definition) is 3. The highest BCUT2D eigenvalue weighted by Gasteiger charge is 2.66. The first kappa shape index (κ1) is 88.5. The number of ether oxygens (including phenoxy) is 3. The minimum absolute atomic E-state index is 0. The quantitative estimate of drug-likeness (QED) is 0.119. The van der Waals surface area contributed by atoms with Gasteiger partial charge in [-0.2, -0.15) is 0 Å². The molecule has 0 radical (unpaired) electrons. The van der Waals surface area contributed by atoms with Gasteiger partial charge in [0.1, 0.15) is 0 Å². The lowest BCUT2D eigenvalue weighted by Gasteiger charge is -2.59. The molecular weight excluding hydrogens is 1270 g/mol. The van der Waals surface area contributed by atoms with Gasteiger partial charge < -0.3 is 29.5 Å². The van der Waals surface area contributed by atoms with Gasteiger partial charge in [-0.25, -0.2) is 0 Å². The highest BCUT2D eigenvalue weighted by molar-refractivity contribution is 5.29. The van der Waals surface area contributed by atoms with E-state index in [0.29, 0.717) is 63.5 Å². The molecule has 0 bridgehead atoms. The van der Waals surface area contributed by atoms with Crippen LogP contribution in [0.4, 0.5) is 0 Å². The Labute approximate surface area is 646 Å². The fourth-order valence-electron chi connectivity index (χ4n) is 28.7. The number of aliphatic hydroxyl groups is 3. The molecule has 0 aromatic rings. The molecule has 6 heteroatoms. The maximum Gasteiger partial charge on any atom is 0.0952 e. The van der Waals surface area contributed by atoms with E-state index < -0.39 is 11.7 Å². The van der Waals surface area contributed by atoms with E-state index in [2.05, 4.69) is 205 Å². The third-order valence-corrected chi connectivity index (χ3v) is 33.9. The molecule has 0 aliphatic heterocycles. The number of rotatable bonds is 18. The normalized spacial score (nSPS) is 41.2. The first-order chi connectivity index (χ1) is 47.1. The van der Waals surface area contributed by atoms with E-state index in [1.165, 1.54) is 141 Å². The highest BCUT2D eigenvalue weighted by Crippen LogP contribution is 2.73. The summed E-state index contributed by atoms with van der Waals surface area (Å²) < 4.78 is 20.2. The molecule has 12 aliphatic carbocycles. The van der Waals surface area contributed by atoms with Crippen LogP contribution in [0, 0.1) is 138 Å². The summed E-state index contributed by atoms with van der Waals surface area (Å²) in [4.78, 5) is 0. The zero-order valence-corrected chi connectivity index (χ0v) is 72.1. The Kier molecular flexibility index (Phi) is 27.6. The molecule has 9 fully saturated rings. The molecule has 6 nitrogen and oxygen atoms in total. The average molecular weight is 1450 g/mol. The SMILES string of the molecule is C.C.CC(C)CC[C@@H](O)C(C)(C)C1CCC2C3CC=C4CC(OC(C)(C)C)CC[C@@]4(C)C3CC[C@]21C.CC(C)CC[C@@H](OC(C)(C)C)C(C)(C)C1CCC2C3CC=C4CC(C)CC[C@@]4(C)C3CC[C@]21C.CC(C)CC[C@H](O)[C@@](C)(OC(C)(C)C)C1CCC2C3CC=C4CC(O)CC[C@]4(C)C3CC[C@@]21C. The van der Waals surface area contributed by atoms with Crippen LogP contribution in [-0.2, 0) is 14.2 Å². The first-order valence-electron chi connectivity index (χ1n) is 44.3. The van der Waals surface area contributed by atoms with Gasteiger partial charge in [-0.3, -0.25) is 0 Å². The molecule has 0 heterocycles. The van der Waals surface area contributed by atoms with Crippen LogP contribution in [0.1, 0.15) is 394 Å². The maximum atomic E-state index is 11.6.